The summed E-state index contributed by atoms with van der Waals surface area (Å²) < 4.78 is 44.7. The predicted octanol–water partition coefficient (Wildman–Crippen LogP) is 5.01. The third-order valence-electron chi connectivity index (χ3n) is 5.76. The highest BCUT2D eigenvalue weighted by Crippen LogP contribution is 2.45. The molecule has 3 aromatic rings. The summed E-state index contributed by atoms with van der Waals surface area (Å²) in [5, 5.41) is 11.2. The molecule has 3 aromatic carbocycles. The van der Waals surface area contributed by atoms with E-state index in [1.165, 1.54) is 20.3 Å². The summed E-state index contributed by atoms with van der Waals surface area (Å²) in [6.07, 6.45) is 0. The van der Waals surface area contributed by atoms with Crippen molar-refractivity contribution in [1.82, 2.24) is 0 Å². The molecule has 1 saturated heterocycles. The molecule has 36 heavy (non-hydrogen) atoms. The number of halogens is 2. The van der Waals surface area contributed by atoms with E-state index in [2.05, 4.69) is 0 Å². The molecular formula is C27H23F2NO6. The number of carbonyl (C=O) groups is 2. The van der Waals surface area contributed by atoms with Gasteiger partial charge in [-0.2, -0.15) is 0 Å². The largest absolute Gasteiger partial charge is 0.507 e. The lowest BCUT2D eigenvalue weighted by molar-refractivity contribution is -0.132. The van der Waals surface area contributed by atoms with Crippen LogP contribution in [0.2, 0.25) is 0 Å². The van der Waals surface area contributed by atoms with Gasteiger partial charge in [0.2, 0.25) is 0 Å². The average molecular weight is 495 g/mol. The van der Waals surface area contributed by atoms with Crippen LogP contribution in [0.25, 0.3) is 5.76 Å². The van der Waals surface area contributed by atoms with Crippen molar-refractivity contribution in [3.8, 4) is 17.2 Å². The second kappa shape index (κ2) is 10.1. The maximum Gasteiger partial charge on any atom is 0.300 e. The minimum absolute atomic E-state index is 0.218. The lowest BCUT2D eigenvalue weighted by Crippen LogP contribution is -2.30. The average Bonchev–Trinajstić information content (AvgIpc) is 3.14. The minimum atomic E-state index is -1.25. The van der Waals surface area contributed by atoms with Crippen molar-refractivity contribution in [3.05, 3.63) is 89.0 Å². The molecule has 0 bridgehead atoms. The van der Waals surface area contributed by atoms with Crippen molar-refractivity contribution >= 4 is 23.1 Å². The van der Waals surface area contributed by atoms with Crippen molar-refractivity contribution in [2.24, 2.45) is 0 Å². The van der Waals surface area contributed by atoms with Crippen LogP contribution in [0, 0.1) is 11.6 Å². The first-order valence-corrected chi connectivity index (χ1v) is 11.0. The van der Waals surface area contributed by atoms with Gasteiger partial charge >= 0.3 is 0 Å². The number of Topliss-reactive ketones (excluding diaryl/α,β-unsaturated/α-hetero) is 1. The first-order chi connectivity index (χ1) is 17.3. The van der Waals surface area contributed by atoms with Crippen LogP contribution in [-0.2, 0) is 9.59 Å². The van der Waals surface area contributed by atoms with E-state index in [0.29, 0.717) is 35.5 Å². The van der Waals surface area contributed by atoms with Gasteiger partial charge in [0.1, 0.15) is 23.1 Å². The van der Waals surface area contributed by atoms with Crippen molar-refractivity contribution < 1.29 is 37.7 Å². The van der Waals surface area contributed by atoms with Crippen molar-refractivity contribution in [3.63, 3.8) is 0 Å². The van der Waals surface area contributed by atoms with Crippen molar-refractivity contribution in [2.75, 3.05) is 25.7 Å². The number of amides is 1. The molecule has 4 rings (SSSR count). The Balaban J connectivity index is 1.99. The summed E-state index contributed by atoms with van der Waals surface area (Å²) in [5.74, 6) is -3.33. The normalized spacial score (nSPS) is 16.8. The van der Waals surface area contributed by atoms with Crippen LogP contribution in [0.15, 0.2) is 66.2 Å². The number of methoxy groups -OCH3 is 2. The van der Waals surface area contributed by atoms with E-state index >= 15 is 0 Å². The smallest absolute Gasteiger partial charge is 0.300 e. The summed E-state index contributed by atoms with van der Waals surface area (Å²) in [6, 6.07) is 12.4. The summed E-state index contributed by atoms with van der Waals surface area (Å²) in [5.41, 5.74) is -0.0337. The Bertz CT molecular complexity index is 1370. The monoisotopic (exact) mass is 495 g/mol. The van der Waals surface area contributed by atoms with E-state index in [1.807, 2.05) is 0 Å². The molecule has 0 radical (unpaired) electrons. The molecule has 1 unspecified atom stereocenters. The molecule has 0 saturated carbocycles. The number of aliphatic hydroxyl groups is 1. The van der Waals surface area contributed by atoms with Crippen LogP contribution >= 0.6 is 0 Å². The van der Waals surface area contributed by atoms with Gasteiger partial charge in [-0.3, -0.25) is 14.5 Å². The zero-order valence-electron chi connectivity index (χ0n) is 19.7. The summed E-state index contributed by atoms with van der Waals surface area (Å²) in [6.45, 7) is 2.07. The quantitative estimate of drug-likeness (QED) is 0.282. The zero-order valence-corrected chi connectivity index (χ0v) is 19.7. The Morgan fingerprint density at radius 3 is 2.42 bits per heavy atom. The molecule has 1 aliphatic heterocycles. The highest BCUT2D eigenvalue weighted by molar-refractivity contribution is 6.51. The number of rotatable bonds is 7. The second-order valence-corrected chi connectivity index (χ2v) is 7.84. The van der Waals surface area contributed by atoms with E-state index in [9.17, 15) is 23.5 Å². The molecule has 1 aliphatic rings. The number of ether oxygens (including phenoxy) is 3. The predicted molar refractivity (Wildman–Crippen MR) is 128 cm³/mol. The molecule has 1 fully saturated rings. The van der Waals surface area contributed by atoms with Crippen LogP contribution in [0.3, 0.4) is 0 Å². The number of ketones is 1. The standard InChI is InChI=1S/C27H23F2NO6/c1-4-36-22-13-15(8-11-21(22)35-3)24-23(25(31)16-6-5-7-18(12-16)34-2)26(32)27(33)30(24)20-10-9-17(28)14-19(20)29/h5-14,24,31H,4H2,1-3H3/b25-23+. The van der Waals surface area contributed by atoms with E-state index in [4.69, 9.17) is 14.2 Å². The molecule has 1 N–H and O–H groups in total. The lowest BCUT2D eigenvalue weighted by atomic mass is 9.94. The Morgan fingerprint density at radius 1 is 0.972 bits per heavy atom. The maximum atomic E-state index is 14.9. The topological polar surface area (TPSA) is 85.3 Å². The Morgan fingerprint density at radius 2 is 1.75 bits per heavy atom. The molecule has 0 spiro atoms. The van der Waals surface area contributed by atoms with Gasteiger partial charge in [0, 0.05) is 11.6 Å². The number of nitrogens with zero attached hydrogens (tertiary/aromatic N) is 1. The van der Waals surface area contributed by atoms with Gasteiger partial charge in [0.15, 0.2) is 11.5 Å². The molecule has 7 nitrogen and oxygen atoms in total. The van der Waals surface area contributed by atoms with Gasteiger partial charge in [0.25, 0.3) is 11.7 Å². The van der Waals surface area contributed by atoms with Crippen LogP contribution in [0.4, 0.5) is 14.5 Å². The third kappa shape index (κ3) is 4.35. The number of anilines is 1. The van der Waals surface area contributed by atoms with Crippen LogP contribution in [-0.4, -0.2) is 37.6 Å². The Hall–Kier alpha value is -4.40. The van der Waals surface area contributed by atoms with Gasteiger partial charge in [-0.1, -0.05) is 18.2 Å². The molecule has 0 aliphatic carbocycles. The number of carbonyl (C=O) groups excluding carboxylic acids is 2. The van der Waals surface area contributed by atoms with Crippen LogP contribution in [0.5, 0.6) is 17.2 Å². The first kappa shape index (κ1) is 24.7. The van der Waals surface area contributed by atoms with Gasteiger partial charge in [0.05, 0.1) is 38.1 Å². The number of hydrogen-bond acceptors (Lipinski definition) is 6. The molecule has 9 heteroatoms. The fraction of sp³-hybridized carbons (Fsp3) is 0.185. The number of benzene rings is 3. The summed E-state index contributed by atoms with van der Waals surface area (Å²) in [4.78, 5) is 27.4. The molecule has 1 atom stereocenters. The van der Waals surface area contributed by atoms with E-state index in [-0.39, 0.29) is 16.8 Å². The molecular weight excluding hydrogens is 472 g/mol. The fourth-order valence-electron chi connectivity index (χ4n) is 4.13. The molecule has 1 amide bonds. The minimum Gasteiger partial charge on any atom is -0.507 e. The maximum absolute atomic E-state index is 14.9. The van der Waals surface area contributed by atoms with Gasteiger partial charge in [-0.05, 0) is 48.9 Å². The van der Waals surface area contributed by atoms with Gasteiger partial charge in [-0.25, -0.2) is 8.78 Å². The zero-order chi connectivity index (χ0) is 26.0. The summed E-state index contributed by atoms with van der Waals surface area (Å²) >= 11 is 0. The fourth-order valence-corrected chi connectivity index (χ4v) is 4.13. The highest BCUT2D eigenvalue weighted by atomic mass is 19.1. The highest BCUT2D eigenvalue weighted by Gasteiger charge is 2.48. The lowest BCUT2D eigenvalue weighted by Gasteiger charge is -2.26. The number of hydrogen-bond donors (Lipinski definition) is 1. The van der Waals surface area contributed by atoms with Gasteiger partial charge in [-0.15, -0.1) is 0 Å². The van der Waals surface area contributed by atoms with Crippen LogP contribution in [0.1, 0.15) is 24.1 Å². The third-order valence-corrected chi connectivity index (χ3v) is 5.76. The van der Waals surface area contributed by atoms with Crippen LogP contribution < -0.4 is 19.1 Å². The van der Waals surface area contributed by atoms with E-state index < -0.39 is 35.1 Å². The first-order valence-electron chi connectivity index (χ1n) is 11.0. The molecule has 1 heterocycles. The van der Waals surface area contributed by atoms with E-state index in [1.54, 1.807) is 43.3 Å². The van der Waals surface area contributed by atoms with E-state index in [0.717, 1.165) is 17.0 Å². The van der Waals surface area contributed by atoms with Crippen molar-refractivity contribution in [1.29, 1.82) is 0 Å². The Kier molecular flexibility index (Phi) is 6.91. The van der Waals surface area contributed by atoms with Gasteiger partial charge < -0.3 is 19.3 Å². The molecule has 186 valence electrons. The second-order valence-electron chi connectivity index (χ2n) is 7.84. The Labute approximate surface area is 206 Å². The SMILES string of the molecule is CCOc1cc(C2/C(=C(\O)c3cccc(OC)c3)C(=O)C(=O)N2c2ccc(F)cc2F)ccc1OC. The number of aliphatic hydroxyl groups excluding tert-OH is 1. The van der Waals surface area contributed by atoms with Crippen molar-refractivity contribution in [2.45, 2.75) is 13.0 Å². The molecule has 0 aromatic heterocycles. The summed E-state index contributed by atoms with van der Waals surface area (Å²) in [7, 11) is 2.91.